The van der Waals surface area contributed by atoms with Gasteiger partial charge in [-0.25, -0.2) is 0 Å². The first-order valence-corrected chi connectivity index (χ1v) is 5.48. The fourth-order valence-electron chi connectivity index (χ4n) is 1.99. The van der Waals surface area contributed by atoms with Crippen molar-refractivity contribution in [3.8, 4) is 5.75 Å². The first-order valence-electron chi connectivity index (χ1n) is 5.48. The van der Waals surface area contributed by atoms with E-state index in [0.717, 1.165) is 25.0 Å². The van der Waals surface area contributed by atoms with Gasteiger partial charge in [0.1, 0.15) is 5.75 Å². The van der Waals surface area contributed by atoms with E-state index in [1.807, 2.05) is 0 Å². The summed E-state index contributed by atoms with van der Waals surface area (Å²) < 4.78 is 5.48. The SMILES string of the molecule is COc1c(CC2(N)CC2)ccc(C)c1C. The summed E-state index contributed by atoms with van der Waals surface area (Å²) in [5.41, 5.74) is 9.95. The quantitative estimate of drug-likeness (QED) is 0.822. The Labute approximate surface area is 91.4 Å². The Bertz CT molecular complexity index is 380. The van der Waals surface area contributed by atoms with Crippen LogP contribution in [0.5, 0.6) is 5.75 Å². The molecule has 1 aromatic carbocycles. The average Bonchev–Trinajstić information content (AvgIpc) is 2.91. The molecule has 0 aromatic heterocycles. The molecule has 0 amide bonds. The molecule has 0 unspecified atom stereocenters. The lowest BCUT2D eigenvalue weighted by atomic mass is 9.98. The van der Waals surface area contributed by atoms with E-state index in [2.05, 4.69) is 26.0 Å². The molecule has 1 aliphatic carbocycles. The van der Waals surface area contributed by atoms with Gasteiger partial charge in [-0.1, -0.05) is 12.1 Å². The van der Waals surface area contributed by atoms with Crippen molar-refractivity contribution in [2.75, 3.05) is 7.11 Å². The number of ether oxygens (including phenoxy) is 1. The molecule has 1 aromatic rings. The summed E-state index contributed by atoms with van der Waals surface area (Å²) in [5.74, 6) is 1.02. The van der Waals surface area contributed by atoms with Gasteiger partial charge in [0.15, 0.2) is 0 Å². The lowest BCUT2D eigenvalue weighted by molar-refractivity contribution is 0.404. The van der Waals surface area contributed by atoms with Crippen molar-refractivity contribution >= 4 is 0 Å². The van der Waals surface area contributed by atoms with Crippen LogP contribution in [0, 0.1) is 13.8 Å². The molecule has 2 nitrogen and oxygen atoms in total. The van der Waals surface area contributed by atoms with E-state index in [9.17, 15) is 0 Å². The fourth-order valence-corrected chi connectivity index (χ4v) is 1.99. The minimum Gasteiger partial charge on any atom is -0.496 e. The Morgan fingerprint density at radius 3 is 2.53 bits per heavy atom. The largest absolute Gasteiger partial charge is 0.496 e. The Kier molecular flexibility index (Phi) is 2.47. The van der Waals surface area contributed by atoms with Gasteiger partial charge >= 0.3 is 0 Å². The first-order chi connectivity index (χ1) is 7.06. The summed E-state index contributed by atoms with van der Waals surface area (Å²) >= 11 is 0. The van der Waals surface area contributed by atoms with Gasteiger partial charge in [-0.3, -0.25) is 0 Å². The molecule has 2 rings (SSSR count). The maximum absolute atomic E-state index is 6.13. The van der Waals surface area contributed by atoms with Crippen LogP contribution >= 0.6 is 0 Å². The Morgan fingerprint density at radius 2 is 2.00 bits per heavy atom. The molecule has 0 bridgehead atoms. The van der Waals surface area contributed by atoms with Gasteiger partial charge in [-0.05, 0) is 49.8 Å². The minimum atomic E-state index is 0.0506. The Morgan fingerprint density at radius 1 is 1.33 bits per heavy atom. The number of hydrogen-bond acceptors (Lipinski definition) is 2. The van der Waals surface area contributed by atoms with E-state index in [1.54, 1.807) is 7.11 Å². The normalized spacial score (nSPS) is 17.6. The summed E-state index contributed by atoms with van der Waals surface area (Å²) in [4.78, 5) is 0. The molecular weight excluding hydrogens is 186 g/mol. The van der Waals surface area contributed by atoms with Crippen LogP contribution in [0.25, 0.3) is 0 Å². The van der Waals surface area contributed by atoms with E-state index < -0.39 is 0 Å². The molecule has 15 heavy (non-hydrogen) atoms. The predicted octanol–water partition coefficient (Wildman–Crippen LogP) is 2.35. The molecule has 1 fully saturated rings. The zero-order valence-corrected chi connectivity index (χ0v) is 9.76. The number of rotatable bonds is 3. The van der Waals surface area contributed by atoms with Crippen LogP contribution in [-0.2, 0) is 6.42 Å². The third-order valence-electron chi connectivity index (χ3n) is 3.40. The molecule has 0 atom stereocenters. The van der Waals surface area contributed by atoms with Crippen LogP contribution < -0.4 is 10.5 Å². The van der Waals surface area contributed by atoms with E-state index in [0.29, 0.717) is 0 Å². The molecule has 0 aliphatic heterocycles. The molecular formula is C13H19NO. The zero-order chi connectivity index (χ0) is 11.1. The summed E-state index contributed by atoms with van der Waals surface area (Å²) in [6.45, 7) is 4.21. The van der Waals surface area contributed by atoms with Gasteiger partial charge in [0.2, 0.25) is 0 Å². The molecule has 2 heteroatoms. The number of methoxy groups -OCH3 is 1. The van der Waals surface area contributed by atoms with Gasteiger partial charge in [0.25, 0.3) is 0 Å². The van der Waals surface area contributed by atoms with Gasteiger partial charge < -0.3 is 10.5 Å². The molecule has 0 heterocycles. The van der Waals surface area contributed by atoms with Gasteiger partial charge in [0, 0.05) is 5.54 Å². The number of aryl methyl sites for hydroxylation is 1. The van der Waals surface area contributed by atoms with Crippen molar-refractivity contribution in [2.45, 2.75) is 38.6 Å². The second-order valence-corrected chi connectivity index (χ2v) is 4.74. The summed E-state index contributed by atoms with van der Waals surface area (Å²) in [5, 5.41) is 0. The standard InChI is InChI=1S/C13H19NO/c1-9-4-5-11(8-13(14)6-7-13)12(15-3)10(9)2/h4-5H,6-8,14H2,1-3H3. The van der Waals surface area contributed by atoms with Crippen molar-refractivity contribution in [3.63, 3.8) is 0 Å². The predicted molar refractivity (Wildman–Crippen MR) is 62.3 cm³/mol. The second kappa shape index (κ2) is 3.53. The Hall–Kier alpha value is -1.02. The van der Waals surface area contributed by atoms with Crippen molar-refractivity contribution in [2.24, 2.45) is 5.73 Å². The summed E-state index contributed by atoms with van der Waals surface area (Å²) in [7, 11) is 1.74. The molecule has 0 radical (unpaired) electrons. The van der Waals surface area contributed by atoms with Crippen LogP contribution in [0.15, 0.2) is 12.1 Å². The fraction of sp³-hybridized carbons (Fsp3) is 0.538. The van der Waals surface area contributed by atoms with E-state index in [-0.39, 0.29) is 5.54 Å². The third-order valence-corrected chi connectivity index (χ3v) is 3.40. The minimum absolute atomic E-state index is 0.0506. The van der Waals surface area contributed by atoms with E-state index in [4.69, 9.17) is 10.5 Å². The lowest BCUT2D eigenvalue weighted by Gasteiger charge is -2.16. The molecule has 0 spiro atoms. The monoisotopic (exact) mass is 205 g/mol. The average molecular weight is 205 g/mol. The van der Waals surface area contributed by atoms with Crippen LogP contribution in [0.2, 0.25) is 0 Å². The highest BCUT2D eigenvalue weighted by Gasteiger charge is 2.38. The van der Waals surface area contributed by atoms with Crippen molar-refractivity contribution in [3.05, 3.63) is 28.8 Å². The van der Waals surface area contributed by atoms with Crippen LogP contribution in [0.1, 0.15) is 29.5 Å². The highest BCUT2D eigenvalue weighted by molar-refractivity contribution is 5.46. The third kappa shape index (κ3) is 2.00. The van der Waals surface area contributed by atoms with Crippen LogP contribution in [-0.4, -0.2) is 12.6 Å². The van der Waals surface area contributed by atoms with Crippen molar-refractivity contribution < 1.29 is 4.74 Å². The molecule has 0 saturated heterocycles. The van der Waals surface area contributed by atoms with E-state index >= 15 is 0 Å². The van der Waals surface area contributed by atoms with Crippen LogP contribution in [0.4, 0.5) is 0 Å². The smallest absolute Gasteiger partial charge is 0.125 e. The highest BCUT2D eigenvalue weighted by Crippen LogP contribution is 2.38. The van der Waals surface area contributed by atoms with Crippen molar-refractivity contribution in [1.29, 1.82) is 0 Å². The molecule has 2 N–H and O–H groups in total. The van der Waals surface area contributed by atoms with Gasteiger partial charge in [0.05, 0.1) is 7.11 Å². The second-order valence-electron chi connectivity index (χ2n) is 4.74. The van der Waals surface area contributed by atoms with E-state index in [1.165, 1.54) is 16.7 Å². The number of benzene rings is 1. The maximum atomic E-state index is 6.13. The number of hydrogen-bond donors (Lipinski definition) is 1. The lowest BCUT2D eigenvalue weighted by Crippen LogP contribution is -2.24. The van der Waals surface area contributed by atoms with Gasteiger partial charge in [-0.2, -0.15) is 0 Å². The first kappa shape index (κ1) is 10.5. The van der Waals surface area contributed by atoms with Crippen molar-refractivity contribution in [1.82, 2.24) is 0 Å². The highest BCUT2D eigenvalue weighted by atomic mass is 16.5. The zero-order valence-electron chi connectivity index (χ0n) is 9.76. The topological polar surface area (TPSA) is 35.2 Å². The Balaban J connectivity index is 2.34. The van der Waals surface area contributed by atoms with Gasteiger partial charge in [-0.15, -0.1) is 0 Å². The van der Waals surface area contributed by atoms with Crippen LogP contribution in [0.3, 0.4) is 0 Å². The molecule has 82 valence electrons. The summed E-state index contributed by atoms with van der Waals surface area (Å²) in [6, 6.07) is 4.30. The summed E-state index contributed by atoms with van der Waals surface area (Å²) in [6.07, 6.45) is 3.23. The number of nitrogens with two attached hydrogens (primary N) is 1. The molecule has 1 aliphatic rings. The maximum Gasteiger partial charge on any atom is 0.125 e. The molecule has 1 saturated carbocycles.